The molecular weight excluding hydrogens is 382 g/mol. The predicted octanol–water partition coefficient (Wildman–Crippen LogP) is 2.54. The Morgan fingerprint density at radius 2 is 1.78 bits per heavy atom. The molecule has 0 radical (unpaired) electrons. The molecule has 0 amide bonds. The summed E-state index contributed by atoms with van der Waals surface area (Å²) in [6.07, 6.45) is 0. The van der Waals surface area contributed by atoms with Gasteiger partial charge in [0.05, 0.1) is 12.9 Å². The molecule has 0 aromatic heterocycles. The fourth-order valence-corrected chi connectivity index (χ4v) is 4.77. The van der Waals surface area contributed by atoms with E-state index in [1.54, 1.807) is 11.4 Å². The Bertz CT molecular complexity index is 880. The molecule has 1 N–H and O–H groups in total. The third-order valence-electron chi connectivity index (χ3n) is 4.43. The van der Waals surface area contributed by atoms with E-state index in [4.69, 9.17) is 17.0 Å². The zero-order valence-corrected chi connectivity index (χ0v) is 16.8. The topological polar surface area (TPSA) is 61.9 Å². The Kier molecular flexibility index (Phi) is 6.30. The van der Waals surface area contributed by atoms with E-state index in [1.165, 1.54) is 0 Å². The highest BCUT2D eigenvalue weighted by Gasteiger charge is 2.28. The molecule has 0 bridgehead atoms. The minimum Gasteiger partial charge on any atom is -0.497 e. The zero-order valence-electron chi connectivity index (χ0n) is 15.2. The van der Waals surface area contributed by atoms with Crippen LogP contribution in [0.3, 0.4) is 0 Å². The van der Waals surface area contributed by atoms with E-state index >= 15 is 0 Å². The number of hydrogen-bond acceptors (Lipinski definition) is 4. The molecule has 0 spiro atoms. The first-order chi connectivity index (χ1) is 13.0. The summed E-state index contributed by atoms with van der Waals surface area (Å²) in [4.78, 5) is 1.99. The van der Waals surface area contributed by atoms with E-state index < -0.39 is 10.0 Å². The normalized spacial score (nSPS) is 15.4. The fraction of sp³-hybridized carbons (Fsp3) is 0.316. The summed E-state index contributed by atoms with van der Waals surface area (Å²) >= 11 is 5.48. The van der Waals surface area contributed by atoms with Gasteiger partial charge in [-0.3, -0.25) is 0 Å². The molecule has 0 atom stereocenters. The van der Waals surface area contributed by atoms with Crippen molar-refractivity contribution in [3.05, 3.63) is 60.2 Å². The highest BCUT2D eigenvalue weighted by atomic mass is 32.2. The quantitative estimate of drug-likeness (QED) is 0.772. The van der Waals surface area contributed by atoms with Gasteiger partial charge in [0.15, 0.2) is 5.11 Å². The van der Waals surface area contributed by atoms with Crippen LogP contribution >= 0.6 is 12.2 Å². The van der Waals surface area contributed by atoms with Gasteiger partial charge >= 0.3 is 0 Å². The summed E-state index contributed by atoms with van der Waals surface area (Å²) in [6.45, 7) is 1.97. The Morgan fingerprint density at radius 1 is 1.07 bits per heavy atom. The van der Waals surface area contributed by atoms with Crippen molar-refractivity contribution in [2.45, 2.75) is 5.75 Å². The molecule has 1 aliphatic rings. The molecule has 3 rings (SSSR count). The standard InChI is InChI=1S/C19H23N3O3S2/c1-25-18-9-5-8-17(14-18)20-19(26)21-10-12-22(13-11-21)27(23,24)15-16-6-3-2-4-7-16/h2-9,14H,10-13,15H2,1H3,(H,20,26). The first kappa shape index (κ1) is 19.6. The van der Waals surface area contributed by atoms with E-state index in [0.29, 0.717) is 31.3 Å². The van der Waals surface area contributed by atoms with Crippen LogP contribution in [0, 0.1) is 0 Å². The molecule has 0 saturated carbocycles. The van der Waals surface area contributed by atoms with Crippen molar-refractivity contribution in [1.82, 2.24) is 9.21 Å². The van der Waals surface area contributed by atoms with Crippen LogP contribution in [-0.2, 0) is 15.8 Å². The number of rotatable bonds is 5. The molecule has 2 aromatic rings. The van der Waals surface area contributed by atoms with Crippen molar-refractivity contribution in [2.24, 2.45) is 0 Å². The fourth-order valence-electron chi connectivity index (χ4n) is 2.95. The van der Waals surface area contributed by atoms with Crippen molar-refractivity contribution in [2.75, 3.05) is 38.6 Å². The van der Waals surface area contributed by atoms with E-state index in [2.05, 4.69) is 5.32 Å². The second-order valence-corrected chi connectivity index (χ2v) is 8.65. The molecule has 0 unspecified atom stereocenters. The first-order valence-corrected chi connectivity index (χ1v) is 10.7. The van der Waals surface area contributed by atoms with Gasteiger partial charge in [0.25, 0.3) is 0 Å². The van der Waals surface area contributed by atoms with Gasteiger partial charge in [0, 0.05) is 37.9 Å². The van der Waals surface area contributed by atoms with Crippen molar-refractivity contribution in [1.29, 1.82) is 0 Å². The third kappa shape index (κ3) is 5.18. The van der Waals surface area contributed by atoms with Gasteiger partial charge in [-0.2, -0.15) is 4.31 Å². The molecular formula is C19H23N3O3S2. The van der Waals surface area contributed by atoms with Crippen molar-refractivity contribution in [3.8, 4) is 5.75 Å². The molecule has 0 aliphatic carbocycles. The average molecular weight is 406 g/mol. The summed E-state index contributed by atoms with van der Waals surface area (Å²) in [5, 5.41) is 3.78. The van der Waals surface area contributed by atoms with Crippen molar-refractivity contribution in [3.63, 3.8) is 0 Å². The van der Waals surface area contributed by atoms with Gasteiger partial charge in [-0.05, 0) is 29.9 Å². The van der Waals surface area contributed by atoms with Gasteiger partial charge < -0.3 is 15.0 Å². The highest BCUT2D eigenvalue weighted by molar-refractivity contribution is 7.88. The largest absolute Gasteiger partial charge is 0.497 e. The number of thiocarbonyl (C=S) groups is 1. The van der Waals surface area contributed by atoms with Crippen LogP contribution in [0.1, 0.15) is 5.56 Å². The molecule has 1 heterocycles. The van der Waals surface area contributed by atoms with Gasteiger partial charge in [0.2, 0.25) is 10.0 Å². The van der Waals surface area contributed by atoms with Crippen LogP contribution in [-0.4, -0.2) is 56.0 Å². The molecule has 1 fully saturated rings. The first-order valence-electron chi connectivity index (χ1n) is 8.70. The Labute approximate surface area is 165 Å². The lowest BCUT2D eigenvalue weighted by Gasteiger charge is -2.35. The zero-order chi connectivity index (χ0) is 19.3. The van der Waals surface area contributed by atoms with Crippen LogP contribution < -0.4 is 10.1 Å². The maximum absolute atomic E-state index is 12.6. The lowest BCUT2D eigenvalue weighted by molar-refractivity contribution is 0.268. The maximum atomic E-state index is 12.6. The SMILES string of the molecule is COc1cccc(NC(=S)N2CCN(S(=O)(=O)Cc3ccccc3)CC2)c1. The minimum absolute atomic E-state index is 0.0281. The number of hydrogen-bond donors (Lipinski definition) is 1. The monoisotopic (exact) mass is 405 g/mol. The lowest BCUT2D eigenvalue weighted by Crippen LogP contribution is -2.51. The Morgan fingerprint density at radius 3 is 2.44 bits per heavy atom. The van der Waals surface area contributed by atoms with E-state index in [9.17, 15) is 8.42 Å². The number of methoxy groups -OCH3 is 1. The second kappa shape index (κ2) is 8.69. The van der Waals surface area contributed by atoms with Crippen LogP contribution in [0.15, 0.2) is 54.6 Å². The third-order valence-corrected chi connectivity index (χ3v) is 6.64. The molecule has 8 heteroatoms. The minimum atomic E-state index is -3.33. The number of piperazine rings is 1. The number of nitrogens with zero attached hydrogens (tertiary/aromatic N) is 2. The van der Waals surface area contributed by atoms with Crippen LogP contribution in [0.5, 0.6) is 5.75 Å². The summed E-state index contributed by atoms with van der Waals surface area (Å²) in [6, 6.07) is 16.8. The van der Waals surface area contributed by atoms with Crippen LogP contribution in [0.25, 0.3) is 0 Å². The maximum Gasteiger partial charge on any atom is 0.218 e. The van der Waals surface area contributed by atoms with E-state index in [1.807, 2.05) is 59.5 Å². The average Bonchev–Trinajstić information content (AvgIpc) is 2.68. The van der Waals surface area contributed by atoms with Gasteiger partial charge in [0.1, 0.15) is 5.75 Å². The van der Waals surface area contributed by atoms with E-state index in [0.717, 1.165) is 17.0 Å². The molecule has 6 nitrogen and oxygen atoms in total. The summed E-state index contributed by atoms with van der Waals surface area (Å²) < 4.78 is 32.0. The number of ether oxygens (including phenoxy) is 1. The van der Waals surface area contributed by atoms with Gasteiger partial charge in [-0.15, -0.1) is 0 Å². The summed E-state index contributed by atoms with van der Waals surface area (Å²) in [5.41, 5.74) is 1.65. The molecule has 1 aliphatic heterocycles. The summed E-state index contributed by atoms with van der Waals surface area (Å²) in [7, 11) is -1.71. The van der Waals surface area contributed by atoms with Gasteiger partial charge in [-0.25, -0.2) is 8.42 Å². The highest BCUT2D eigenvalue weighted by Crippen LogP contribution is 2.18. The molecule has 1 saturated heterocycles. The summed E-state index contributed by atoms with van der Waals surface area (Å²) in [5.74, 6) is 0.778. The van der Waals surface area contributed by atoms with Crippen LogP contribution in [0.2, 0.25) is 0 Å². The smallest absolute Gasteiger partial charge is 0.218 e. The lowest BCUT2D eigenvalue weighted by atomic mass is 10.2. The Balaban J connectivity index is 1.55. The van der Waals surface area contributed by atoms with E-state index in [-0.39, 0.29) is 5.75 Å². The van der Waals surface area contributed by atoms with Crippen molar-refractivity contribution < 1.29 is 13.2 Å². The number of benzene rings is 2. The number of anilines is 1. The Hall–Kier alpha value is -2.16. The molecule has 27 heavy (non-hydrogen) atoms. The second-order valence-electron chi connectivity index (χ2n) is 6.29. The predicted molar refractivity (Wildman–Crippen MR) is 111 cm³/mol. The molecule has 2 aromatic carbocycles. The van der Waals surface area contributed by atoms with Crippen LogP contribution in [0.4, 0.5) is 5.69 Å². The van der Waals surface area contributed by atoms with Gasteiger partial charge in [-0.1, -0.05) is 36.4 Å². The number of sulfonamides is 1. The molecule has 144 valence electrons. The number of nitrogens with one attached hydrogen (secondary N) is 1. The van der Waals surface area contributed by atoms with Crippen molar-refractivity contribution >= 4 is 33.0 Å².